The molecule has 144 valence electrons. The third-order valence-corrected chi connectivity index (χ3v) is 4.50. The van der Waals surface area contributed by atoms with Crippen molar-refractivity contribution in [1.82, 2.24) is 9.88 Å². The molecule has 3 rings (SSSR count). The summed E-state index contributed by atoms with van der Waals surface area (Å²) >= 11 is 0. The summed E-state index contributed by atoms with van der Waals surface area (Å²) < 4.78 is 5.30. The molecule has 0 unspecified atom stereocenters. The highest BCUT2D eigenvalue weighted by atomic mass is 16.5. The Morgan fingerprint density at radius 1 is 1.19 bits per heavy atom. The molecule has 1 amide bonds. The van der Waals surface area contributed by atoms with Crippen LogP contribution in [-0.2, 0) is 19.1 Å². The van der Waals surface area contributed by atoms with Crippen LogP contribution in [0.2, 0.25) is 0 Å². The Hall–Kier alpha value is -2.91. The van der Waals surface area contributed by atoms with Crippen LogP contribution in [0.25, 0.3) is 10.9 Å². The van der Waals surface area contributed by atoms with Gasteiger partial charge < -0.3 is 25.3 Å². The van der Waals surface area contributed by atoms with Crippen molar-refractivity contribution in [3.63, 3.8) is 0 Å². The summed E-state index contributed by atoms with van der Waals surface area (Å²) in [6.45, 7) is 2.08. The molecule has 27 heavy (non-hydrogen) atoms. The Morgan fingerprint density at radius 3 is 2.59 bits per heavy atom. The first-order valence-electron chi connectivity index (χ1n) is 8.63. The molecule has 2 heterocycles. The molecule has 1 atom stereocenters. The lowest BCUT2D eigenvalue weighted by molar-refractivity contribution is -0.145. The fraction of sp³-hybridized carbons (Fsp3) is 0.389. The number of carbonyl (C=O) groups is 3. The van der Waals surface area contributed by atoms with E-state index < -0.39 is 18.0 Å². The number of carboxylic acid groups (broad SMARTS) is 2. The van der Waals surface area contributed by atoms with E-state index in [1.165, 1.54) is 0 Å². The Balaban J connectivity index is 1.81. The van der Waals surface area contributed by atoms with Gasteiger partial charge in [-0.15, -0.1) is 0 Å². The van der Waals surface area contributed by atoms with Crippen LogP contribution >= 0.6 is 0 Å². The van der Waals surface area contributed by atoms with Crippen LogP contribution in [0.1, 0.15) is 24.4 Å². The summed E-state index contributed by atoms with van der Waals surface area (Å²) in [7, 11) is 0. The molecule has 9 nitrogen and oxygen atoms in total. The number of nitrogens with zero attached hydrogens (tertiary/aromatic N) is 1. The number of aromatic nitrogens is 1. The summed E-state index contributed by atoms with van der Waals surface area (Å²) in [6.07, 6.45) is 1.33. The van der Waals surface area contributed by atoms with Gasteiger partial charge >= 0.3 is 11.9 Å². The van der Waals surface area contributed by atoms with Gasteiger partial charge in [0.25, 0.3) is 0 Å². The maximum absolute atomic E-state index is 11.9. The lowest BCUT2D eigenvalue weighted by atomic mass is 10.0. The first kappa shape index (κ1) is 18.9. The summed E-state index contributed by atoms with van der Waals surface area (Å²) in [6, 6.07) is 4.36. The van der Waals surface area contributed by atoms with Crippen molar-refractivity contribution in [1.29, 1.82) is 0 Å². The van der Waals surface area contributed by atoms with Gasteiger partial charge in [0.2, 0.25) is 5.91 Å². The number of ether oxygens (including phenoxy) is 1. The molecule has 4 N–H and O–H groups in total. The van der Waals surface area contributed by atoms with Crippen molar-refractivity contribution in [3.8, 4) is 0 Å². The van der Waals surface area contributed by atoms with Crippen LogP contribution in [0.5, 0.6) is 0 Å². The number of aliphatic carboxylic acids is 2. The molecule has 1 aromatic carbocycles. The normalized spacial score (nSPS) is 16.1. The molecule has 9 heteroatoms. The average molecular weight is 375 g/mol. The predicted octanol–water partition coefficient (Wildman–Crippen LogP) is 1.43. The zero-order chi connectivity index (χ0) is 19.4. The van der Waals surface area contributed by atoms with Crippen LogP contribution in [0.3, 0.4) is 0 Å². The van der Waals surface area contributed by atoms with E-state index >= 15 is 0 Å². The summed E-state index contributed by atoms with van der Waals surface area (Å²) in [5, 5.41) is 21.8. The first-order chi connectivity index (χ1) is 13.0. The summed E-state index contributed by atoms with van der Waals surface area (Å²) in [4.78, 5) is 39.1. The third kappa shape index (κ3) is 4.44. The van der Waals surface area contributed by atoms with Crippen molar-refractivity contribution in [2.24, 2.45) is 0 Å². The van der Waals surface area contributed by atoms with E-state index in [4.69, 9.17) is 9.84 Å². The number of hydrogen-bond acceptors (Lipinski definition) is 5. The van der Waals surface area contributed by atoms with E-state index in [2.05, 4.69) is 10.3 Å². The Labute approximate surface area is 154 Å². The van der Waals surface area contributed by atoms with Gasteiger partial charge in [-0.25, -0.2) is 0 Å². The van der Waals surface area contributed by atoms with Crippen molar-refractivity contribution in [3.05, 3.63) is 30.0 Å². The van der Waals surface area contributed by atoms with E-state index in [1.54, 1.807) is 24.4 Å². The minimum absolute atomic E-state index is 0.110. The maximum atomic E-state index is 11.9. The van der Waals surface area contributed by atoms with Crippen LogP contribution < -0.4 is 5.32 Å². The van der Waals surface area contributed by atoms with Crippen LogP contribution in [0, 0.1) is 0 Å². The number of anilines is 1. The molecule has 1 aliphatic rings. The lowest BCUT2D eigenvalue weighted by Gasteiger charge is -2.31. The van der Waals surface area contributed by atoms with Gasteiger partial charge in [-0.05, 0) is 12.1 Å². The quantitative estimate of drug-likeness (QED) is 0.575. The van der Waals surface area contributed by atoms with Crippen molar-refractivity contribution in [2.75, 3.05) is 31.6 Å². The second-order valence-corrected chi connectivity index (χ2v) is 6.34. The molecule has 0 spiro atoms. The van der Waals surface area contributed by atoms with Crippen LogP contribution in [0.4, 0.5) is 5.69 Å². The monoisotopic (exact) mass is 375 g/mol. The zero-order valence-corrected chi connectivity index (χ0v) is 14.6. The molecular weight excluding hydrogens is 354 g/mol. The minimum Gasteiger partial charge on any atom is -0.481 e. The maximum Gasteiger partial charge on any atom is 0.325 e. The van der Waals surface area contributed by atoms with Gasteiger partial charge in [-0.3, -0.25) is 19.3 Å². The highest BCUT2D eigenvalue weighted by Crippen LogP contribution is 2.30. The standard InChI is InChI=1S/C18H21N3O6/c22-15(3-4-16(23)24)20-11-1-2-12-13(10-19-14(12)9-11)17(18(25)26)21-5-7-27-8-6-21/h1-2,9-10,17,19H,3-8H2,(H,20,22)(H,23,24)(H,25,26)/t17-/m1/s1. The highest BCUT2D eigenvalue weighted by molar-refractivity contribution is 5.96. The van der Waals surface area contributed by atoms with Gasteiger partial charge in [-0.1, -0.05) is 6.07 Å². The fourth-order valence-corrected chi connectivity index (χ4v) is 3.22. The minimum atomic E-state index is -1.03. The number of carboxylic acids is 2. The molecule has 0 radical (unpaired) electrons. The number of amides is 1. The zero-order valence-electron chi connectivity index (χ0n) is 14.6. The summed E-state index contributed by atoms with van der Waals surface area (Å²) in [5.41, 5.74) is 1.87. The average Bonchev–Trinajstić information content (AvgIpc) is 3.04. The smallest absolute Gasteiger partial charge is 0.325 e. The van der Waals surface area contributed by atoms with Crippen LogP contribution in [0.15, 0.2) is 24.4 Å². The van der Waals surface area contributed by atoms with Crippen LogP contribution in [-0.4, -0.2) is 64.2 Å². The number of carbonyl (C=O) groups excluding carboxylic acids is 1. The predicted molar refractivity (Wildman–Crippen MR) is 96.6 cm³/mol. The molecule has 1 aliphatic heterocycles. The third-order valence-electron chi connectivity index (χ3n) is 4.50. The van der Waals surface area contributed by atoms with Gasteiger partial charge in [0.05, 0.1) is 19.6 Å². The molecule has 2 aromatic rings. The van der Waals surface area contributed by atoms with Crippen molar-refractivity contribution in [2.45, 2.75) is 18.9 Å². The van der Waals surface area contributed by atoms with E-state index in [1.807, 2.05) is 4.90 Å². The van der Waals surface area contributed by atoms with E-state index in [0.29, 0.717) is 43.1 Å². The second-order valence-electron chi connectivity index (χ2n) is 6.34. The number of fused-ring (bicyclic) bond motifs is 1. The van der Waals surface area contributed by atoms with Gasteiger partial charge in [0.15, 0.2) is 0 Å². The molecule has 1 fully saturated rings. The number of rotatable bonds is 7. The van der Waals surface area contributed by atoms with E-state index in [0.717, 1.165) is 5.39 Å². The van der Waals surface area contributed by atoms with E-state index in [9.17, 15) is 19.5 Å². The highest BCUT2D eigenvalue weighted by Gasteiger charge is 2.30. The number of benzene rings is 1. The second kappa shape index (κ2) is 8.19. The molecule has 0 aliphatic carbocycles. The number of aromatic amines is 1. The molecule has 0 saturated carbocycles. The fourth-order valence-electron chi connectivity index (χ4n) is 3.22. The topological polar surface area (TPSA) is 132 Å². The van der Waals surface area contributed by atoms with Crippen molar-refractivity contribution >= 4 is 34.4 Å². The van der Waals surface area contributed by atoms with Gasteiger partial charge in [0.1, 0.15) is 6.04 Å². The Kier molecular flexibility index (Phi) is 5.72. The molecule has 1 saturated heterocycles. The lowest BCUT2D eigenvalue weighted by Crippen LogP contribution is -2.42. The van der Waals surface area contributed by atoms with Gasteiger partial charge in [0, 0.05) is 47.9 Å². The van der Waals surface area contributed by atoms with Gasteiger partial charge in [-0.2, -0.15) is 0 Å². The molecule has 1 aromatic heterocycles. The Morgan fingerprint density at radius 2 is 1.93 bits per heavy atom. The number of morpholine rings is 1. The Bertz CT molecular complexity index is 856. The first-order valence-corrected chi connectivity index (χ1v) is 8.63. The van der Waals surface area contributed by atoms with Crippen molar-refractivity contribution < 1.29 is 29.3 Å². The number of H-pyrrole nitrogens is 1. The number of hydrogen-bond donors (Lipinski definition) is 4. The molecule has 0 bridgehead atoms. The largest absolute Gasteiger partial charge is 0.481 e. The number of nitrogens with one attached hydrogen (secondary N) is 2. The molecular formula is C18H21N3O6. The summed E-state index contributed by atoms with van der Waals surface area (Å²) in [5.74, 6) is -2.35. The SMILES string of the molecule is O=C(O)CCC(=O)Nc1ccc2c([C@H](C(=O)O)N3CCOCC3)c[nH]c2c1. The van der Waals surface area contributed by atoms with E-state index in [-0.39, 0.29) is 18.7 Å².